The molecule has 0 aliphatic rings. The van der Waals surface area contributed by atoms with E-state index in [1.807, 2.05) is 12.1 Å². The zero-order chi connectivity index (χ0) is 6.81. The van der Waals surface area contributed by atoms with E-state index in [0.29, 0.717) is 0 Å². The van der Waals surface area contributed by atoms with Gasteiger partial charge in [-0.05, 0) is 0 Å². The molecule has 0 saturated carbocycles. The molecule has 11 heavy (non-hydrogen) atoms. The van der Waals surface area contributed by atoms with Crippen molar-refractivity contribution in [2.45, 2.75) is 0 Å². The Balaban J connectivity index is 0.000000605. The fraction of sp³-hybridized carbons (Fsp3) is 0. The number of pyridine rings is 2. The first kappa shape index (κ1) is 8.24. The Morgan fingerprint density at radius 3 is 3.09 bits per heavy atom. The number of fused-ring (bicyclic) bond motifs is 1. The van der Waals surface area contributed by atoms with Gasteiger partial charge < -0.3 is 0 Å². The van der Waals surface area contributed by atoms with E-state index in [2.05, 4.69) is 16.0 Å². The summed E-state index contributed by atoms with van der Waals surface area (Å²) in [7, 11) is 0. The fourth-order valence-electron chi connectivity index (χ4n) is 0.861. The molecule has 0 bridgehead atoms. The Hall–Kier alpha value is -0.856. The minimum Gasteiger partial charge on any atom is -0.294 e. The van der Waals surface area contributed by atoms with Gasteiger partial charge in [0.1, 0.15) is 0 Å². The summed E-state index contributed by atoms with van der Waals surface area (Å²) in [5, 5.41) is 1.08. The van der Waals surface area contributed by atoms with Crippen molar-refractivity contribution in [3.63, 3.8) is 0 Å². The second-order valence-electron chi connectivity index (χ2n) is 2.00. The Morgan fingerprint density at radius 1 is 1.36 bits per heavy atom. The molecule has 0 saturated heterocycles. The maximum atomic E-state index is 4.06. The van der Waals surface area contributed by atoms with Crippen LogP contribution < -0.4 is 0 Å². The third kappa shape index (κ3) is 1.59. The van der Waals surface area contributed by atoms with Gasteiger partial charge in [0, 0.05) is 36.5 Å². The predicted octanol–water partition coefficient (Wildman–Crippen LogP) is 1.43. The summed E-state index contributed by atoms with van der Waals surface area (Å²) in [6, 6.07) is 6.70. The summed E-state index contributed by atoms with van der Waals surface area (Å²) in [4.78, 5) is 8.00. The quantitative estimate of drug-likeness (QED) is 0.573. The van der Waals surface area contributed by atoms with Crippen LogP contribution in [0.4, 0.5) is 0 Å². The van der Waals surface area contributed by atoms with E-state index >= 15 is 0 Å². The maximum absolute atomic E-state index is 4.06. The summed E-state index contributed by atoms with van der Waals surface area (Å²) in [5.74, 6) is 0. The molecule has 0 amide bonds. The van der Waals surface area contributed by atoms with Gasteiger partial charge in [0.15, 0.2) is 0 Å². The molecule has 2 nitrogen and oxygen atoms in total. The SMILES string of the molecule is [V].[c-]1cnc2cnccc2c1. The van der Waals surface area contributed by atoms with Gasteiger partial charge in [-0.15, -0.1) is 11.5 Å². The summed E-state index contributed by atoms with van der Waals surface area (Å²) >= 11 is 0. The van der Waals surface area contributed by atoms with Gasteiger partial charge in [0.25, 0.3) is 0 Å². The molecule has 3 heteroatoms. The summed E-state index contributed by atoms with van der Waals surface area (Å²) < 4.78 is 0. The van der Waals surface area contributed by atoms with E-state index in [1.165, 1.54) is 0 Å². The molecule has 2 rings (SSSR count). The number of aromatic nitrogens is 2. The molecule has 0 N–H and O–H groups in total. The molecular formula is C8H5N2V-. The van der Waals surface area contributed by atoms with Crippen molar-refractivity contribution in [2.75, 3.05) is 0 Å². The molecule has 0 fully saturated rings. The van der Waals surface area contributed by atoms with Gasteiger partial charge in [-0.25, -0.2) is 12.1 Å². The van der Waals surface area contributed by atoms with Crippen LogP contribution in [0.5, 0.6) is 0 Å². The summed E-state index contributed by atoms with van der Waals surface area (Å²) in [5.41, 5.74) is 0.918. The molecule has 2 heterocycles. The predicted molar refractivity (Wildman–Crippen MR) is 38.4 cm³/mol. The number of hydrogen-bond donors (Lipinski definition) is 0. The van der Waals surface area contributed by atoms with Crippen LogP contribution in [0.1, 0.15) is 0 Å². The van der Waals surface area contributed by atoms with Crippen LogP contribution in [-0.2, 0) is 18.6 Å². The number of hydrogen-bond acceptors (Lipinski definition) is 2. The van der Waals surface area contributed by atoms with Gasteiger partial charge in [-0.3, -0.25) is 9.97 Å². The summed E-state index contributed by atoms with van der Waals surface area (Å²) in [6.07, 6.45) is 5.13. The third-order valence-corrected chi connectivity index (χ3v) is 1.35. The third-order valence-electron chi connectivity index (χ3n) is 1.35. The first-order valence-corrected chi connectivity index (χ1v) is 3.02. The molecule has 0 aliphatic carbocycles. The molecule has 0 aliphatic heterocycles. The van der Waals surface area contributed by atoms with Crippen molar-refractivity contribution in [3.05, 3.63) is 36.8 Å². The second-order valence-corrected chi connectivity index (χ2v) is 2.00. The zero-order valence-corrected chi connectivity index (χ0v) is 7.13. The molecular weight excluding hydrogens is 175 g/mol. The van der Waals surface area contributed by atoms with E-state index in [9.17, 15) is 0 Å². The van der Waals surface area contributed by atoms with Crippen molar-refractivity contribution in [1.82, 2.24) is 9.97 Å². The number of rotatable bonds is 0. The second kappa shape index (κ2) is 3.51. The van der Waals surface area contributed by atoms with E-state index in [-0.39, 0.29) is 18.6 Å². The van der Waals surface area contributed by atoms with Crippen LogP contribution in [0.2, 0.25) is 0 Å². The minimum absolute atomic E-state index is 0. The Labute approximate surface area is 76.6 Å². The summed E-state index contributed by atoms with van der Waals surface area (Å²) in [6.45, 7) is 0. The molecule has 2 aromatic rings. The first-order valence-electron chi connectivity index (χ1n) is 3.02. The van der Waals surface area contributed by atoms with E-state index in [1.54, 1.807) is 18.6 Å². The molecule has 0 atom stereocenters. The Bertz CT molecular complexity index is 283. The van der Waals surface area contributed by atoms with Crippen LogP contribution in [0.15, 0.2) is 30.7 Å². The van der Waals surface area contributed by atoms with Gasteiger partial charge in [-0.2, -0.15) is 0 Å². The molecule has 0 spiro atoms. The average molecular weight is 180 g/mol. The van der Waals surface area contributed by atoms with Crippen LogP contribution >= 0.6 is 0 Å². The molecule has 2 aromatic heterocycles. The normalized spacial score (nSPS) is 9.09. The van der Waals surface area contributed by atoms with E-state index in [4.69, 9.17) is 0 Å². The molecule has 53 valence electrons. The van der Waals surface area contributed by atoms with Crippen molar-refractivity contribution < 1.29 is 18.6 Å². The Morgan fingerprint density at radius 2 is 2.27 bits per heavy atom. The molecule has 1 radical (unpaired) electrons. The van der Waals surface area contributed by atoms with Gasteiger partial charge in [0.05, 0.1) is 0 Å². The van der Waals surface area contributed by atoms with Gasteiger partial charge >= 0.3 is 0 Å². The first-order chi connectivity index (χ1) is 4.97. The smallest absolute Gasteiger partial charge is 0.0346 e. The van der Waals surface area contributed by atoms with Crippen LogP contribution in [0.25, 0.3) is 10.9 Å². The Kier molecular flexibility index (Phi) is 2.63. The average Bonchev–Trinajstić information content (AvgIpc) is 2.05. The van der Waals surface area contributed by atoms with Crippen molar-refractivity contribution in [2.24, 2.45) is 0 Å². The molecule has 0 aromatic carbocycles. The van der Waals surface area contributed by atoms with Crippen LogP contribution in [0.3, 0.4) is 0 Å². The van der Waals surface area contributed by atoms with Crippen molar-refractivity contribution in [1.29, 1.82) is 0 Å². The topological polar surface area (TPSA) is 25.8 Å². The van der Waals surface area contributed by atoms with Gasteiger partial charge in [-0.1, -0.05) is 6.20 Å². The van der Waals surface area contributed by atoms with Crippen molar-refractivity contribution in [3.8, 4) is 0 Å². The zero-order valence-electron chi connectivity index (χ0n) is 5.73. The number of nitrogens with zero attached hydrogens (tertiary/aromatic N) is 2. The van der Waals surface area contributed by atoms with Crippen molar-refractivity contribution >= 4 is 10.9 Å². The monoisotopic (exact) mass is 180 g/mol. The molecule has 0 unspecified atom stereocenters. The van der Waals surface area contributed by atoms with Gasteiger partial charge in [0.2, 0.25) is 0 Å². The van der Waals surface area contributed by atoms with Crippen LogP contribution in [-0.4, -0.2) is 9.97 Å². The van der Waals surface area contributed by atoms with E-state index in [0.717, 1.165) is 10.9 Å². The standard InChI is InChI=1S/C8H5N2.V/c1-2-7-3-5-9-6-8(7)10-4-1;/h2-6H;/q-1;. The minimum atomic E-state index is 0. The largest absolute Gasteiger partial charge is 0.294 e. The van der Waals surface area contributed by atoms with Crippen LogP contribution in [0, 0.1) is 6.07 Å². The maximum Gasteiger partial charge on any atom is 0.0346 e. The van der Waals surface area contributed by atoms with E-state index < -0.39 is 0 Å². The fourth-order valence-corrected chi connectivity index (χ4v) is 0.861.